The van der Waals surface area contributed by atoms with Gasteiger partial charge in [-0.25, -0.2) is 0 Å². The SMILES string of the molecule is CCCCC#C[C@H](C[C@@H](OCC)c1ccccc1)OCC. The van der Waals surface area contributed by atoms with Gasteiger partial charge in [-0.3, -0.25) is 0 Å². The first-order valence-corrected chi connectivity index (χ1v) is 8.08. The number of hydrogen-bond donors (Lipinski definition) is 0. The Kier molecular flexibility index (Phi) is 9.61. The van der Waals surface area contributed by atoms with E-state index >= 15 is 0 Å². The summed E-state index contributed by atoms with van der Waals surface area (Å²) >= 11 is 0. The van der Waals surface area contributed by atoms with E-state index in [9.17, 15) is 0 Å². The predicted molar refractivity (Wildman–Crippen MR) is 88.1 cm³/mol. The van der Waals surface area contributed by atoms with Crippen molar-refractivity contribution in [3.8, 4) is 11.8 Å². The molecule has 0 aliphatic rings. The highest BCUT2D eigenvalue weighted by atomic mass is 16.5. The lowest BCUT2D eigenvalue weighted by Crippen LogP contribution is -2.17. The van der Waals surface area contributed by atoms with Crippen LogP contribution in [-0.4, -0.2) is 19.3 Å². The molecule has 2 atom stereocenters. The summed E-state index contributed by atoms with van der Waals surface area (Å²) < 4.78 is 11.7. The van der Waals surface area contributed by atoms with Gasteiger partial charge in [0.15, 0.2) is 0 Å². The van der Waals surface area contributed by atoms with Gasteiger partial charge in [0.2, 0.25) is 0 Å². The molecule has 0 aliphatic heterocycles. The Morgan fingerprint density at radius 3 is 2.33 bits per heavy atom. The van der Waals surface area contributed by atoms with E-state index in [4.69, 9.17) is 9.47 Å². The highest BCUT2D eigenvalue weighted by molar-refractivity contribution is 5.19. The van der Waals surface area contributed by atoms with Crippen LogP contribution in [-0.2, 0) is 9.47 Å². The highest BCUT2D eigenvalue weighted by Crippen LogP contribution is 2.23. The molecule has 1 rings (SSSR count). The Morgan fingerprint density at radius 2 is 1.71 bits per heavy atom. The zero-order valence-corrected chi connectivity index (χ0v) is 13.6. The van der Waals surface area contributed by atoms with Gasteiger partial charge in [0.05, 0.1) is 6.10 Å². The van der Waals surface area contributed by atoms with Gasteiger partial charge < -0.3 is 9.47 Å². The molecule has 2 nitrogen and oxygen atoms in total. The minimum atomic E-state index is -0.0522. The van der Waals surface area contributed by atoms with Crippen molar-refractivity contribution in [2.24, 2.45) is 0 Å². The van der Waals surface area contributed by atoms with E-state index < -0.39 is 0 Å². The molecule has 0 aromatic heterocycles. The molecule has 0 saturated carbocycles. The Labute approximate surface area is 129 Å². The van der Waals surface area contributed by atoms with E-state index in [2.05, 4.69) is 30.9 Å². The van der Waals surface area contributed by atoms with Crippen molar-refractivity contribution >= 4 is 0 Å². The van der Waals surface area contributed by atoms with Crippen LogP contribution in [0.4, 0.5) is 0 Å². The second-order valence-corrected chi connectivity index (χ2v) is 4.96. The van der Waals surface area contributed by atoms with Crippen molar-refractivity contribution in [1.82, 2.24) is 0 Å². The second kappa shape index (κ2) is 11.4. The molecule has 1 aromatic carbocycles. The standard InChI is InChI=1S/C19H28O2/c1-4-7-8-12-15-18(20-5-2)16-19(21-6-3)17-13-10-9-11-14-17/h9-11,13-14,18-19H,4-8,16H2,1-3H3/t18-,19-/m1/s1. The molecule has 0 aliphatic carbocycles. The molecule has 116 valence electrons. The van der Waals surface area contributed by atoms with Gasteiger partial charge in [-0.2, -0.15) is 0 Å². The molecule has 0 heterocycles. The first kappa shape index (κ1) is 17.8. The van der Waals surface area contributed by atoms with E-state index in [1.807, 2.05) is 32.0 Å². The first-order valence-electron chi connectivity index (χ1n) is 8.08. The van der Waals surface area contributed by atoms with Gasteiger partial charge >= 0.3 is 0 Å². The Hall–Kier alpha value is -1.30. The van der Waals surface area contributed by atoms with Gasteiger partial charge in [-0.1, -0.05) is 49.6 Å². The van der Waals surface area contributed by atoms with Crippen molar-refractivity contribution in [2.75, 3.05) is 13.2 Å². The molecule has 21 heavy (non-hydrogen) atoms. The lowest BCUT2D eigenvalue weighted by Gasteiger charge is -2.21. The van der Waals surface area contributed by atoms with Crippen LogP contribution in [0.5, 0.6) is 0 Å². The zero-order chi connectivity index (χ0) is 15.3. The molecule has 0 fully saturated rings. The van der Waals surface area contributed by atoms with Crippen molar-refractivity contribution in [3.63, 3.8) is 0 Å². The fourth-order valence-corrected chi connectivity index (χ4v) is 2.18. The third kappa shape index (κ3) is 7.32. The number of unbranched alkanes of at least 4 members (excludes halogenated alkanes) is 2. The van der Waals surface area contributed by atoms with E-state index in [-0.39, 0.29) is 12.2 Å². The van der Waals surface area contributed by atoms with Crippen LogP contribution in [0.25, 0.3) is 0 Å². The van der Waals surface area contributed by atoms with Crippen LogP contribution >= 0.6 is 0 Å². The average Bonchev–Trinajstić information content (AvgIpc) is 2.52. The largest absolute Gasteiger partial charge is 0.374 e. The number of benzene rings is 1. The van der Waals surface area contributed by atoms with Gasteiger partial charge in [0.25, 0.3) is 0 Å². The predicted octanol–water partition coefficient (Wildman–Crippen LogP) is 4.75. The monoisotopic (exact) mass is 288 g/mol. The van der Waals surface area contributed by atoms with Crippen LogP contribution in [0.1, 0.15) is 58.1 Å². The molecule has 0 bridgehead atoms. The lowest BCUT2D eigenvalue weighted by molar-refractivity contribution is 0.00928. The van der Waals surface area contributed by atoms with Crippen LogP contribution < -0.4 is 0 Å². The van der Waals surface area contributed by atoms with Crippen LogP contribution in [0.3, 0.4) is 0 Å². The maximum Gasteiger partial charge on any atom is 0.121 e. The minimum Gasteiger partial charge on any atom is -0.374 e. The second-order valence-electron chi connectivity index (χ2n) is 4.96. The van der Waals surface area contributed by atoms with Gasteiger partial charge in [0.1, 0.15) is 6.10 Å². The smallest absolute Gasteiger partial charge is 0.121 e. The molecule has 0 radical (unpaired) electrons. The topological polar surface area (TPSA) is 18.5 Å². The number of hydrogen-bond acceptors (Lipinski definition) is 2. The van der Waals surface area contributed by atoms with Crippen LogP contribution in [0.2, 0.25) is 0 Å². The molecule has 0 saturated heterocycles. The highest BCUT2D eigenvalue weighted by Gasteiger charge is 2.17. The van der Waals surface area contributed by atoms with E-state index in [0.717, 1.165) is 19.3 Å². The average molecular weight is 288 g/mol. The van der Waals surface area contributed by atoms with Gasteiger partial charge in [-0.05, 0) is 25.8 Å². The summed E-state index contributed by atoms with van der Waals surface area (Å²) in [6.45, 7) is 7.60. The van der Waals surface area contributed by atoms with Crippen molar-refractivity contribution < 1.29 is 9.47 Å². The van der Waals surface area contributed by atoms with E-state index in [0.29, 0.717) is 13.2 Å². The molecule has 0 spiro atoms. The summed E-state index contributed by atoms with van der Waals surface area (Å²) in [5.41, 5.74) is 1.19. The summed E-state index contributed by atoms with van der Waals surface area (Å²) in [4.78, 5) is 0. The molecule has 1 aromatic rings. The Bertz CT molecular complexity index is 416. The maximum atomic E-state index is 5.88. The van der Waals surface area contributed by atoms with Crippen molar-refractivity contribution in [1.29, 1.82) is 0 Å². The van der Waals surface area contributed by atoms with Crippen LogP contribution in [0.15, 0.2) is 30.3 Å². The normalized spacial score (nSPS) is 13.3. The molecular formula is C19H28O2. The number of ether oxygens (including phenoxy) is 2. The molecule has 2 heteroatoms. The molecule has 0 amide bonds. The zero-order valence-electron chi connectivity index (χ0n) is 13.6. The summed E-state index contributed by atoms with van der Waals surface area (Å²) in [5.74, 6) is 6.50. The van der Waals surface area contributed by atoms with E-state index in [1.54, 1.807) is 0 Å². The van der Waals surface area contributed by atoms with Gasteiger partial charge in [-0.15, -0.1) is 5.92 Å². The summed E-state index contributed by atoms with van der Waals surface area (Å²) in [6, 6.07) is 10.3. The third-order valence-electron chi connectivity index (χ3n) is 3.25. The lowest BCUT2D eigenvalue weighted by atomic mass is 10.0. The molecule has 0 unspecified atom stereocenters. The summed E-state index contributed by atoms with van der Waals surface area (Å²) in [5, 5.41) is 0. The summed E-state index contributed by atoms with van der Waals surface area (Å²) in [7, 11) is 0. The molecular weight excluding hydrogens is 260 g/mol. The molecule has 0 N–H and O–H groups in total. The first-order chi connectivity index (χ1) is 10.3. The minimum absolute atomic E-state index is 0.0493. The summed E-state index contributed by atoms with van der Waals surface area (Å²) in [6.07, 6.45) is 4.06. The Balaban J connectivity index is 2.69. The van der Waals surface area contributed by atoms with Gasteiger partial charge in [0, 0.05) is 26.1 Å². The van der Waals surface area contributed by atoms with Crippen molar-refractivity contribution in [3.05, 3.63) is 35.9 Å². The van der Waals surface area contributed by atoms with Crippen molar-refractivity contribution in [2.45, 2.75) is 58.7 Å². The van der Waals surface area contributed by atoms with Crippen LogP contribution in [0, 0.1) is 11.8 Å². The van der Waals surface area contributed by atoms with E-state index in [1.165, 1.54) is 12.0 Å². The quantitative estimate of drug-likeness (QED) is 0.482. The maximum absolute atomic E-state index is 5.88. The fourth-order valence-electron chi connectivity index (χ4n) is 2.18. The third-order valence-corrected chi connectivity index (χ3v) is 3.25. The number of rotatable bonds is 9. The fraction of sp³-hybridized carbons (Fsp3) is 0.579. The Morgan fingerprint density at radius 1 is 1.00 bits per heavy atom.